The largest absolute Gasteiger partial charge is 0.370 e. The molecule has 2 heterocycles. The van der Waals surface area contributed by atoms with Crippen LogP contribution >= 0.6 is 15.9 Å². The monoisotopic (exact) mass is 313 g/mol. The molecule has 4 nitrogen and oxygen atoms in total. The molecule has 0 radical (unpaired) electrons. The fourth-order valence-corrected chi connectivity index (χ4v) is 3.41. The molecule has 1 spiro atoms. The lowest BCUT2D eigenvalue weighted by atomic mass is 9.98. The summed E-state index contributed by atoms with van der Waals surface area (Å²) in [4.78, 5) is 0.261. The lowest BCUT2D eigenvalue weighted by molar-refractivity contribution is -0.0430. The number of alkyl halides is 1. The van der Waals surface area contributed by atoms with Gasteiger partial charge in [-0.1, -0.05) is 34.0 Å². The second-order valence-electron chi connectivity index (χ2n) is 5.65. The minimum atomic E-state index is 0.219. The highest BCUT2D eigenvalue weighted by Crippen LogP contribution is 2.43. The van der Waals surface area contributed by atoms with Crippen molar-refractivity contribution in [1.82, 2.24) is 15.0 Å². The smallest absolute Gasteiger partial charge is 0.0960 e. The highest BCUT2D eigenvalue weighted by molar-refractivity contribution is 9.09. The molecule has 2 aliphatic rings. The van der Waals surface area contributed by atoms with E-state index < -0.39 is 0 Å². The Bertz CT molecular complexity index is 412. The van der Waals surface area contributed by atoms with E-state index in [0.717, 1.165) is 12.2 Å². The highest BCUT2D eigenvalue weighted by Gasteiger charge is 2.42. The fraction of sp³-hybridized carbons (Fsp3) is 0.846. The second-order valence-corrected chi connectivity index (χ2v) is 7.02. The zero-order chi connectivity index (χ0) is 12.6. The number of ether oxygens (including phenoxy) is 1. The van der Waals surface area contributed by atoms with Gasteiger partial charge in [-0.2, -0.15) is 0 Å². The van der Waals surface area contributed by atoms with Crippen molar-refractivity contribution >= 4 is 15.9 Å². The summed E-state index contributed by atoms with van der Waals surface area (Å²) >= 11 is 3.51. The first-order valence-corrected chi connectivity index (χ1v) is 7.80. The Kier molecular flexibility index (Phi) is 3.45. The molecular weight excluding hydrogens is 294 g/mol. The standard InChI is InChI=1S/C13H20BrN3O/c1-10(14)12-9-17(16-15-12)8-11-4-7-13(18-11)5-2-3-6-13/h9-11H,2-8H2,1H3. The van der Waals surface area contributed by atoms with E-state index in [1.165, 1.54) is 38.5 Å². The van der Waals surface area contributed by atoms with E-state index in [-0.39, 0.29) is 10.4 Å². The van der Waals surface area contributed by atoms with E-state index in [2.05, 4.69) is 33.2 Å². The Hall–Kier alpha value is -0.420. The third-order valence-electron chi connectivity index (χ3n) is 4.21. The van der Waals surface area contributed by atoms with Gasteiger partial charge in [-0.15, -0.1) is 5.10 Å². The minimum absolute atomic E-state index is 0.219. The summed E-state index contributed by atoms with van der Waals surface area (Å²) < 4.78 is 8.21. The SMILES string of the molecule is CC(Br)c1cn(CC2CCC3(CCCC3)O2)nn1. The van der Waals surface area contributed by atoms with Crippen LogP contribution in [0.5, 0.6) is 0 Å². The summed E-state index contributed by atoms with van der Waals surface area (Å²) in [6.07, 6.45) is 9.91. The molecule has 2 atom stereocenters. The molecule has 0 N–H and O–H groups in total. The molecule has 1 aliphatic heterocycles. The van der Waals surface area contributed by atoms with Crippen LogP contribution in [0, 0.1) is 0 Å². The first-order chi connectivity index (χ1) is 8.67. The Labute approximate surface area is 116 Å². The summed E-state index contributed by atoms with van der Waals surface area (Å²) in [7, 11) is 0. The predicted octanol–water partition coefficient (Wildman–Crippen LogP) is 3.23. The van der Waals surface area contributed by atoms with Crippen LogP contribution in [0.4, 0.5) is 0 Å². The van der Waals surface area contributed by atoms with E-state index in [1.54, 1.807) is 0 Å². The van der Waals surface area contributed by atoms with Crippen molar-refractivity contribution in [1.29, 1.82) is 0 Å². The van der Waals surface area contributed by atoms with Gasteiger partial charge in [-0.25, -0.2) is 4.68 Å². The van der Waals surface area contributed by atoms with Gasteiger partial charge < -0.3 is 4.74 Å². The lowest BCUT2D eigenvalue weighted by Gasteiger charge is -2.23. The molecule has 0 aromatic carbocycles. The van der Waals surface area contributed by atoms with Gasteiger partial charge in [0, 0.05) is 6.20 Å². The van der Waals surface area contributed by atoms with Crippen molar-refractivity contribution in [3.05, 3.63) is 11.9 Å². The van der Waals surface area contributed by atoms with Gasteiger partial charge >= 0.3 is 0 Å². The van der Waals surface area contributed by atoms with Gasteiger partial charge in [0.25, 0.3) is 0 Å². The van der Waals surface area contributed by atoms with E-state index in [9.17, 15) is 0 Å². The number of rotatable bonds is 3. The molecule has 1 aromatic rings. The highest BCUT2D eigenvalue weighted by atomic mass is 79.9. The minimum Gasteiger partial charge on any atom is -0.370 e. The Balaban J connectivity index is 1.60. The number of hydrogen-bond donors (Lipinski definition) is 0. The quantitative estimate of drug-likeness (QED) is 0.804. The van der Waals surface area contributed by atoms with E-state index in [4.69, 9.17) is 4.74 Å². The molecule has 3 rings (SSSR count). The van der Waals surface area contributed by atoms with Crippen LogP contribution in [0.25, 0.3) is 0 Å². The Morgan fingerprint density at radius 1 is 1.50 bits per heavy atom. The van der Waals surface area contributed by atoms with Crippen LogP contribution < -0.4 is 0 Å². The average Bonchev–Trinajstić information content (AvgIpc) is 3.03. The molecule has 1 saturated heterocycles. The summed E-state index contributed by atoms with van der Waals surface area (Å²) in [6, 6.07) is 0. The normalized spacial score (nSPS) is 28.0. The van der Waals surface area contributed by atoms with E-state index >= 15 is 0 Å². The molecule has 5 heteroatoms. The average molecular weight is 314 g/mol. The molecule has 2 unspecified atom stereocenters. The molecule has 1 saturated carbocycles. The predicted molar refractivity (Wildman–Crippen MR) is 72.7 cm³/mol. The van der Waals surface area contributed by atoms with Crippen LogP contribution in [0.15, 0.2) is 6.20 Å². The molecule has 1 aliphatic carbocycles. The first kappa shape index (κ1) is 12.6. The van der Waals surface area contributed by atoms with Gasteiger partial charge in [0.2, 0.25) is 0 Å². The van der Waals surface area contributed by atoms with Crippen molar-refractivity contribution in [2.45, 2.75) is 68.5 Å². The second kappa shape index (κ2) is 4.93. The third-order valence-corrected chi connectivity index (χ3v) is 4.68. The zero-order valence-electron chi connectivity index (χ0n) is 10.8. The first-order valence-electron chi connectivity index (χ1n) is 6.89. The van der Waals surface area contributed by atoms with Gasteiger partial charge in [-0.3, -0.25) is 0 Å². The summed E-state index contributed by atoms with van der Waals surface area (Å²) in [6.45, 7) is 2.91. The number of halogens is 1. The Morgan fingerprint density at radius 2 is 2.28 bits per heavy atom. The van der Waals surface area contributed by atoms with Crippen LogP contribution in [0.3, 0.4) is 0 Å². The molecule has 0 bridgehead atoms. The molecule has 0 amide bonds. The van der Waals surface area contributed by atoms with Crippen LogP contribution in [0.2, 0.25) is 0 Å². The Morgan fingerprint density at radius 3 is 2.94 bits per heavy atom. The van der Waals surface area contributed by atoms with Crippen molar-refractivity contribution < 1.29 is 4.74 Å². The van der Waals surface area contributed by atoms with Crippen LogP contribution in [-0.4, -0.2) is 26.7 Å². The van der Waals surface area contributed by atoms with Crippen molar-refractivity contribution in [3.63, 3.8) is 0 Å². The maximum Gasteiger partial charge on any atom is 0.0960 e. The maximum absolute atomic E-state index is 6.28. The number of aromatic nitrogens is 3. The van der Waals surface area contributed by atoms with E-state index in [1.807, 2.05) is 10.9 Å². The maximum atomic E-state index is 6.28. The summed E-state index contributed by atoms with van der Waals surface area (Å²) in [5.74, 6) is 0. The van der Waals surface area contributed by atoms with Crippen molar-refractivity contribution in [3.8, 4) is 0 Å². The third kappa shape index (κ3) is 2.48. The molecule has 1 aromatic heterocycles. The van der Waals surface area contributed by atoms with Gasteiger partial charge in [0.1, 0.15) is 0 Å². The van der Waals surface area contributed by atoms with E-state index in [0.29, 0.717) is 6.10 Å². The van der Waals surface area contributed by atoms with Crippen molar-refractivity contribution in [2.75, 3.05) is 0 Å². The molecule has 2 fully saturated rings. The van der Waals surface area contributed by atoms with Crippen LogP contribution in [0.1, 0.15) is 56.0 Å². The van der Waals surface area contributed by atoms with Crippen LogP contribution in [-0.2, 0) is 11.3 Å². The molecule has 18 heavy (non-hydrogen) atoms. The van der Waals surface area contributed by atoms with Gasteiger partial charge in [-0.05, 0) is 32.6 Å². The van der Waals surface area contributed by atoms with Gasteiger partial charge in [0.05, 0.1) is 28.8 Å². The summed E-state index contributed by atoms with van der Waals surface area (Å²) in [5, 5.41) is 8.33. The summed E-state index contributed by atoms with van der Waals surface area (Å²) in [5.41, 5.74) is 1.21. The fourth-order valence-electron chi connectivity index (χ4n) is 3.20. The molecule has 100 valence electrons. The lowest BCUT2D eigenvalue weighted by Crippen LogP contribution is -2.26. The molecular formula is C13H20BrN3O. The van der Waals surface area contributed by atoms with Crippen molar-refractivity contribution in [2.24, 2.45) is 0 Å². The topological polar surface area (TPSA) is 39.9 Å². The zero-order valence-corrected chi connectivity index (χ0v) is 12.4. The number of nitrogens with zero attached hydrogens (tertiary/aromatic N) is 3. The van der Waals surface area contributed by atoms with Gasteiger partial charge in [0.15, 0.2) is 0 Å². The number of hydrogen-bond acceptors (Lipinski definition) is 3.